The first kappa shape index (κ1) is 11.5. The van der Waals surface area contributed by atoms with Gasteiger partial charge in [-0.25, -0.2) is 0 Å². The Morgan fingerprint density at radius 1 is 1.47 bits per heavy atom. The summed E-state index contributed by atoms with van der Waals surface area (Å²) in [4.78, 5) is 4.10. The maximum atomic E-state index is 9.67. The molecule has 4 nitrogen and oxygen atoms in total. The number of aliphatic hydroxyl groups excluding tert-OH is 1. The lowest BCUT2D eigenvalue weighted by atomic mass is 10.1. The zero-order valence-electron chi connectivity index (χ0n) is 8.90. The van der Waals surface area contributed by atoms with E-state index in [2.05, 4.69) is 4.99 Å². The quantitative estimate of drug-likeness (QED) is 0.732. The molecule has 0 aliphatic carbocycles. The van der Waals surface area contributed by atoms with Crippen LogP contribution < -0.4 is 4.74 Å². The molecule has 0 unspecified atom stereocenters. The number of phenols is 1. The summed E-state index contributed by atoms with van der Waals surface area (Å²) in [5, 5.41) is 18.3. The Labute approximate surface area is 88.9 Å². The van der Waals surface area contributed by atoms with Crippen LogP contribution in [0.2, 0.25) is 0 Å². The summed E-state index contributed by atoms with van der Waals surface area (Å²) in [6, 6.07) is 5.03. The van der Waals surface area contributed by atoms with E-state index in [1.165, 1.54) is 6.07 Å². The van der Waals surface area contributed by atoms with Gasteiger partial charge < -0.3 is 14.9 Å². The topological polar surface area (TPSA) is 62.0 Å². The second kappa shape index (κ2) is 5.36. The summed E-state index contributed by atoms with van der Waals surface area (Å²) < 4.78 is 4.97. The van der Waals surface area contributed by atoms with Crippen LogP contribution in [0.1, 0.15) is 12.5 Å². The zero-order valence-corrected chi connectivity index (χ0v) is 8.90. The van der Waals surface area contributed by atoms with Crippen molar-refractivity contribution in [3.05, 3.63) is 23.8 Å². The van der Waals surface area contributed by atoms with E-state index in [0.29, 0.717) is 23.6 Å². The number of ether oxygens (including phenoxy) is 1. The number of aromatic hydroxyl groups is 1. The minimum absolute atomic E-state index is 0.00819. The molecule has 4 heteroatoms. The number of hydrogen-bond acceptors (Lipinski definition) is 4. The van der Waals surface area contributed by atoms with Crippen LogP contribution in [-0.4, -0.2) is 36.2 Å². The van der Waals surface area contributed by atoms with Crippen LogP contribution >= 0.6 is 0 Å². The molecular formula is C11H15NO3. The smallest absolute Gasteiger partial charge is 0.128 e. The summed E-state index contributed by atoms with van der Waals surface area (Å²) >= 11 is 0. The third kappa shape index (κ3) is 2.95. The number of aliphatic imine (C=N–C) groups is 1. The molecule has 0 saturated carbocycles. The molecule has 1 aromatic rings. The van der Waals surface area contributed by atoms with Crippen molar-refractivity contribution in [1.82, 2.24) is 0 Å². The van der Waals surface area contributed by atoms with E-state index >= 15 is 0 Å². The zero-order chi connectivity index (χ0) is 11.3. The van der Waals surface area contributed by atoms with Gasteiger partial charge in [-0.15, -0.1) is 0 Å². The molecule has 0 saturated heterocycles. The standard InChI is InChI=1S/C11H15NO3/c1-8(12-5-6-13)10-4-3-9(15-2)7-11(10)14/h3-4,7,13-14H,5-6H2,1-2H3. The van der Waals surface area contributed by atoms with Crippen molar-refractivity contribution in [3.8, 4) is 11.5 Å². The minimum atomic E-state index is 0.00819. The van der Waals surface area contributed by atoms with Gasteiger partial charge in [-0.1, -0.05) is 0 Å². The number of hydrogen-bond donors (Lipinski definition) is 2. The second-order valence-electron chi connectivity index (χ2n) is 3.07. The van der Waals surface area contributed by atoms with Crippen molar-refractivity contribution in [2.24, 2.45) is 4.99 Å². The van der Waals surface area contributed by atoms with Gasteiger partial charge in [0.1, 0.15) is 11.5 Å². The highest BCUT2D eigenvalue weighted by Crippen LogP contribution is 2.23. The van der Waals surface area contributed by atoms with Crippen LogP contribution in [0.5, 0.6) is 11.5 Å². The molecule has 0 bridgehead atoms. The first-order valence-corrected chi connectivity index (χ1v) is 4.68. The van der Waals surface area contributed by atoms with Gasteiger partial charge in [0.15, 0.2) is 0 Å². The Balaban J connectivity index is 2.95. The number of methoxy groups -OCH3 is 1. The lowest BCUT2D eigenvalue weighted by molar-refractivity contribution is 0.307. The van der Waals surface area contributed by atoms with Crippen molar-refractivity contribution in [2.45, 2.75) is 6.92 Å². The highest BCUT2D eigenvalue weighted by Gasteiger charge is 2.05. The van der Waals surface area contributed by atoms with Crippen molar-refractivity contribution < 1.29 is 14.9 Å². The molecule has 0 aliphatic rings. The predicted octanol–water partition coefficient (Wildman–Crippen LogP) is 1.20. The molecule has 0 fully saturated rings. The predicted molar refractivity (Wildman–Crippen MR) is 58.8 cm³/mol. The molecule has 15 heavy (non-hydrogen) atoms. The Bertz CT molecular complexity index is 361. The Morgan fingerprint density at radius 3 is 2.73 bits per heavy atom. The van der Waals surface area contributed by atoms with Crippen molar-refractivity contribution >= 4 is 5.71 Å². The van der Waals surface area contributed by atoms with Gasteiger partial charge in [-0.05, 0) is 19.1 Å². The van der Waals surface area contributed by atoms with Crippen LogP contribution in [0.3, 0.4) is 0 Å². The minimum Gasteiger partial charge on any atom is -0.507 e. The van der Waals surface area contributed by atoms with Gasteiger partial charge in [0.2, 0.25) is 0 Å². The van der Waals surface area contributed by atoms with Gasteiger partial charge in [-0.2, -0.15) is 0 Å². The molecule has 0 aliphatic heterocycles. The molecule has 0 aromatic heterocycles. The van der Waals surface area contributed by atoms with Crippen LogP contribution in [0.15, 0.2) is 23.2 Å². The number of rotatable bonds is 4. The molecule has 1 rings (SSSR count). The van der Waals surface area contributed by atoms with Crippen LogP contribution in [0, 0.1) is 0 Å². The lowest BCUT2D eigenvalue weighted by Gasteiger charge is -2.06. The molecule has 2 N–H and O–H groups in total. The van der Waals surface area contributed by atoms with Gasteiger partial charge in [0, 0.05) is 17.3 Å². The first-order valence-electron chi connectivity index (χ1n) is 4.68. The average molecular weight is 209 g/mol. The number of phenolic OH excluding ortho intramolecular Hbond substituents is 1. The normalized spacial score (nSPS) is 11.5. The Morgan fingerprint density at radius 2 is 2.20 bits per heavy atom. The summed E-state index contributed by atoms with van der Waals surface area (Å²) in [5.41, 5.74) is 1.36. The highest BCUT2D eigenvalue weighted by atomic mass is 16.5. The molecule has 1 aromatic carbocycles. The highest BCUT2D eigenvalue weighted by molar-refractivity contribution is 6.01. The number of benzene rings is 1. The number of nitrogens with zero attached hydrogens (tertiary/aromatic N) is 1. The fourth-order valence-electron chi connectivity index (χ4n) is 1.25. The summed E-state index contributed by atoms with van der Waals surface area (Å²) in [5.74, 6) is 0.736. The van der Waals surface area contributed by atoms with Crippen molar-refractivity contribution in [3.63, 3.8) is 0 Å². The fourth-order valence-corrected chi connectivity index (χ4v) is 1.25. The van der Waals surface area contributed by atoms with Gasteiger partial charge in [0.05, 0.1) is 20.3 Å². The van der Waals surface area contributed by atoms with Gasteiger partial charge >= 0.3 is 0 Å². The molecule has 0 spiro atoms. The molecule has 0 atom stereocenters. The van der Waals surface area contributed by atoms with E-state index in [1.54, 1.807) is 26.2 Å². The maximum Gasteiger partial charge on any atom is 0.128 e. The summed E-state index contributed by atoms with van der Waals surface area (Å²) in [7, 11) is 1.54. The average Bonchev–Trinajstić information content (AvgIpc) is 2.25. The second-order valence-corrected chi connectivity index (χ2v) is 3.07. The SMILES string of the molecule is COc1ccc(C(C)=NCCO)c(O)c1. The third-order valence-corrected chi connectivity index (χ3v) is 2.04. The van der Waals surface area contributed by atoms with E-state index in [0.717, 1.165) is 0 Å². The van der Waals surface area contributed by atoms with Crippen LogP contribution in [-0.2, 0) is 0 Å². The third-order valence-electron chi connectivity index (χ3n) is 2.04. The van der Waals surface area contributed by atoms with Crippen molar-refractivity contribution in [1.29, 1.82) is 0 Å². The molecule has 82 valence electrons. The van der Waals surface area contributed by atoms with Gasteiger partial charge in [0.25, 0.3) is 0 Å². The summed E-state index contributed by atoms with van der Waals surface area (Å²) in [6.45, 7) is 2.14. The Hall–Kier alpha value is -1.55. The fraction of sp³-hybridized carbons (Fsp3) is 0.364. The van der Waals surface area contributed by atoms with E-state index in [-0.39, 0.29) is 12.4 Å². The summed E-state index contributed by atoms with van der Waals surface area (Å²) in [6.07, 6.45) is 0. The number of aliphatic hydroxyl groups is 1. The van der Waals surface area contributed by atoms with Crippen molar-refractivity contribution in [2.75, 3.05) is 20.3 Å². The van der Waals surface area contributed by atoms with Gasteiger partial charge in [-0.3, -0.25) is 4.99 Å². The first-order chi connectivity index (χ1) is 7.19. The molecule has 0 amide bonds. The maximum absolute atomic E-state index is 9.67. The van der Waals surface area contributed by atoms with Crippen LogP contribution in [0.4, 0.5) is 0 Å². The largest absolute Gasteiger partial charge is 0.507 e. The van der Waals surface area contributed by atoms with E-state index in [4.69, 9.17) is 9.84 Å². The molecular weight excluding hydrogens is 194 g/mol. The van der Waals surface area contributed by atoms with E-state index < -0.39 is 0 Å². The lowest BCUT2D eigenvalue weighted by Crippen LogP contribution is -1.99. The van der Waals surface area contributed by atoms with Crippen LogP contribution in [0.25, 0.3) is 0 Å². The molecule has 0 radical (unpaired) electrons. The van der Waals surface area contributed by atoms with E-state index in [9.17, 15) is 5.11 Å². The van der Waals surface area contributed by atoms with E-state index in [1.807, 2.05) is 0 Å². The Kier molecular flexibility index (Phi) is 4.12. The monoisotopic (exact) mass is 209 g/mol. The molecule has 0 heterocycles.